The SMILES string of the molecule is Cc1ccc(NC(=O)/C(C#N)=C/c2cc(Br)ccc2OS(=O)(=O)c2ccccc2)cc1. The Kier molecular flexibility index (Phi) is 6.90. The third-order valence-electron chi connectivity index (χ3n) is 4.18. The van der Waals surface area contributed by atoms with Crippen LogP contribution in [0, 0.1) is 18.3 Å². The zero-order chi connectivity index (χ0) is 22.4. The highest BCUT2D eigenvalue weighted by atomic mass is 79.9. The number of carbonyl (C=O) groups excluding carboxylic acids is 1. The first-order valence-electron chi connectivity index (χ1n) is 9.07. The van der Waals surface area contributed by atoms with E-state index >= 15 is 0 Å². The highest BCUT2D eigenvalue weighted by Gasteiger charge is 2.19. The van der Waals surface area contributed by atoms with Crippen LogP contribution >= 0.6 is 15.9 Å². The number of hydrogen-bond donors (Lipinski definition) is 1. The topological polar surface area (TPSA) is 96.3 Å². The molecule has 0 saturated carbocycles. The predicted octanol–water partition coefficient (Wildman–Crippen LogP) is 5.07. The molecule has 0 radical (unpaired) electrons. The molecule has 0 aliphatic rings. The Labute approximate surface area is 189 Å². The first-order valence-corrected chi connectivity index (χ1v) is 11.3. The van der Waals surface area contributed by atoms with Gasteiger partial charge in [-0.1, -0.05) is 51.8 Å². The molecule has 3 aromatic rings. The largest absolute Gasteiger partial charge is 0.378 e. The van der Waals surface area contributed by atoms with Gasteiger partial charge in [0, 0.05) is 15.7 Å². The fourth-order valence-corrected chi connectivity index (χ4v) is 3.95. The standard InChI is InChI=1S/C23H17BrN2O4S/c1-16-7-10-20(11-8-16)26-23(27)18(15-25)13-17-14-19(24)9-12-22(17)30-31(28,29)21-5-3-2-4-6-21/h2-14H,1H3,(H,26,27)/b18-13+. The van der Waals surface area contributed by atoms with Gasteiger partial charge in [-0.15, -0.1) is 0 Å². The maximum Gasteiger partial charge on any atom is 0.339 e. The van der Waals surface area contributed by atoms with Crippen LogP contribution in [0.5, 0.6) is 5.75 Å². The summed E-state index contributed by atoms with van der Waals surface area (Å²) in [4.78, 5) is 12.6. The molecular weight excluding hydrogens is 480 g/mol. The van der Waals surface area contributed by atoms with Gasteiger partial charge in [0.25, 0.3) is 5.91 Å². The van der Waals surface area contributed by atoms with E-state index in [9.17, 15) is 18.5 Å². The lowest BCUT2D eigenvalue weighted by Crippen LogP contribution is -2.14. The lowest BCUT2D eigenvalue weighted by Gasteiger charge is -2.11. The van der Waals surface area contributed by atoms with Crippen molar-refractivity contribution < 1.29 is 17.4 Å². The molecule has 0 saturated heterocycles. The minimum atomic E-state index is -4.09. The van der Waals surface area contributed by atoms with Gasteiger partial charge < -0.3 is 9.50 Å². The van der Waals surface area contributed by atoms with Crippen LogP contribution < -0.4 is 9.50 Å². The summed E-state index contributed by atoms with van der Waals surface area (Å²) in [6.45, 7) is 1.92. The number of nitriles is 1. The molecule has 0 aliphatic carbocycles. The zero-order valence-corrected chi connectivity index (χ0v) is 18.8. The first kappa shape index (κ1) is 22.3. The summed E-state index contributed by atoms with van der Waals surface area (Å²) in [7, 11) is -4.09. The molecule has 156 valence electrons. The van der Waals surface area contributed by atoms with E-state index in [1.807, 2.05) is 25.1 Å². The maximum atomic E-state index is 12.6. The third kappa shape index (κ3) is 5.81. The first-order chi connectivity index (χ1) is 14.8. The Morgan fingerprint density at radius 1 is 1.06 bits per heavy atom. The van der Waals surface area contributed by atoms with Crippen LogP contribution in [0.2, 0.25) is 0 Å². The summed E-state index contributed by atoms with van der Waals surface area (Å²) in [5.41, 5.74) is 1.61. The van der Waals surface area contributed by atoms with E-state index < -0.39 is 16.0 Å². The minimum absolute atomic E-state index is 0.00882. The number of carbonyl (C=O) groups is 1. The Balaban J connectivity index is 1.93. The summed E-state index contributed by atoms with van der Waals surface area (Å²) in [5, 5.41) is 12.1. The average molecular weight is 497 g/mol. The number of hydrogen-bond acceptors (Lipinski definition) is 5. The van der Waals surface area contributed by atoms with Crippen molar-refractivity contribution in [2.75, 3.05) is 5.32 Å². The van der Waals surface area contributed by atoms with Crippen molar-refractivity contribution in [1.82, 2.24) is 0 Å². The number of halogens is 1. The molecule has 8 heteroatoms. The Morgan fingerprint density at radius 3 is 2.39 bits per heavy atom. The molecule has 1 amide bonds. The zero-order valence-electron chi connectivity index (χ0n) is 16.4. The molecule has 0 fully saturated rings. The number of nitrogens with zero attached hydrogens (tertiary/aromatic N) is 1. The van der Waals surface area contributed by atoms with Crippen LogP contribution in [0.15, 0.2) is 87.7 Å². The second kappa shape index (κ2) is 9.60. The lowest BCUT2D eigenvalue weighted by molar-refractivity contribution is -0.112. The number of nitrogens with one attached hydrogen (secondary N) is 1. The molecule has 0 spiro atoms. The molecule has 0 bridgehead atoms. The number of aryl methyl sites for hydroxylation is 1. The van der Waals surface area contributed by atoms with Gasteiger partial charge in [0.2, 0.25) is 0 Å². The van der Waals surface area contributed by atoms with Crippen molar-refractivity contribution in [2.24, 2.45) is 0 Å². The Bertz CT molecular complexity index is 1280. The normalized spacial score (nSPS) is 11.5. The molecule has 3 aromatic carbocycles. The van der Waals surface area contributed by atoms with Crippen LogP contribution in [0.4, 0.5) is 5.69 Å². The molecule has 1 N–H and O–H groups in total. The van der Waals surface area contributed by atoms with Gasteiger partial charge in [0.05, 0.1) is 0 Å². The van der Waals surface area contributed by atoms with Crippen LogP contribution in [0.25, 0.3) is 6.08 Å². The van der Waals surface area contributed by atoms with Gasteiger partial charge in [0.15, 0.2) is 0 Å². The van der Waals surface area contributed by atoms with E-state index in [4.69, 9.17) is 4.18 Å². The minimum Gasteiger partial charge on any atom is -0.378 e. The Hall–Kier alpha value is -3.41. The summed E-state index contributed by atoms with van der Waals surface area (Å²) in [6, 6.07) is 21.3. The molecule has 6 nitrogen and oxygen atoms in total. The number of anilines is 1. The average Bonchev–Trinajstić information content (AvgIpc) is 2.75. The van der Waals surface area contributed by atoms with Gasteiger partial charge in [-0.25, -0.2) is 0 Å². The van der Waals surface area contributed by atoms with Gasteiger partial charge in [-0.05, 0) is 55.5 Å². The van der Waals surface area contributed by atoms with Gasteiger partial charge in [0.1, 0.15) is 22.3 Å². The summed E-state index contributed by atoms with van der Waals surface area (Å²) < 4.78 is 31.1. The fraction of sp³-hybridized carbons (Fsp3) is 0.0435. The van der Waals surface area contributed by atoms with Crippen molar-refractivity contribution in [3.8, 4) is 11.8 Å². The molecule has 31 heavy (non-hydrogen) atoms. The van der Waals surface area contributed by atoms with Crippen LogP contribution in [0.1, 0.15) is 11.1 Å². The summed E-state index contributed by atoms with van der Waals surface area (Å²) in [6.07, 6.45) is 1.28. The molecule has 0 atom stereocenters. The monoisotopic (exact) mass is 496 g/mol. The Morgan fingerprint density at radius 2 is 1.74 bits per heavy atom. The van der Waals surface area contributed by atoms with E-state index in [1.165, 1.54) is 24.3 Å². The quantitative estimate of drug-likeness (QED) is 0.292. The molecule has 0 heterocycles. The van der Waals surface area contributed by atoms with E-state index in [0.717, 1.165) is 5.56 Å². The van der Waals surface area contributed by atoms with Crippen molar-refractivity contribution in [1.29, 1.82) is 5.26 Å². The summed E-state index contributed by atoms with van der Waals surface area (Å²) >= 11 is 3.31. The summed E-state index contributed by atoms with van der Waals surface area (Å²) in [5.74, 6) is -0.633. The van der Waals surface area contributed by atoms with E-state index in [0.29, 0.717) is 10.2 Å². The van der Waals surface area contributed by atoms with E-state index in [2.05, 4.69) is 21.2 Å². The van der Waals surface area contributed by atoms with Gasteiger partial charge in [-0.2, -0.15) is 13.7 Å². The van der Waals surface area contributed by atoms with E-state index in [-0.39, 0.29) is 21.8 Å². The van der Waals surface area contributed by atoms with Gasteiger partial charge in [-0.3, -0.25) is 4.79 Å². The molecular formula is C23H17BrN2O4S. The highest BCUT2D eigenvalue weighted by molar-refractivity contribution is 9.10. The molecule has 3 rings (SSSR count). The highest BCUT2D eigenvalue weighted by Crippen LogP contribution is 2.28. The third-order valence-corrected chi connectivity index (χ3v) is 5.92. The fourth-order valence-electron chi connectivity index (χ4n) is 2.60. The predicted molar refractivity (Wildman–Crippen MR) is 122 cm³/mol. The number of rotatable bonds is 6. The van der Waals surface area contributed by atoms with Gasteiger partial charge >= 0.3 is 10.1 Å². The van der Waals surface area contributed by atoms with Crippen LogP contribution in [-0.2, 0) is 14.9 Å². The van der Waals surface area contributed by atoms with Crippen molar-refractivity contribution in [3.63, 3.8) is 0 Å². The molecule has 0 unspecified atom stereocenters. The van der Waals surface area contributed by atoms with Crippen molar-refractivity contribution in [2.45, 2.75) is 11.8 Å². The maximum absolute atomic E-state index is 12.6. The number of benzene rings is 3. The smallest absolute Gasteiger partial charge is 0.339 e. The second-order valence-electron chi connectivity index (χ2n) is 6.52. The number of amides is 1. The van der Waals surface area contributed by atoms with Crippen LogP contribution in [-0.4, -0.2) is 14.3 Å². The van der Waals surface area contributed by atoms with Crippen molar-refractivity contribution >= 4 is 43.7 Å². The molecule has 0 aromatic heterocycles. The van der Waals surface area contributed by atoms with E-state index in [1.54, 1.807) is 42.5 Å². The lowest BCUT2D eigenvalue weighted by atomic mass is 10.1. The van der Waals surface area contributed by atoms with Crippen LogP contribution in [0.3, 0.4) is 0 Å². The second-order valence-corrected chi connectivity index (χ2v) is 8.98. The van der Waals surface area contributed by atoms with Crippen molar-refractivity contribution in [3.05, 3.63) is 94.0 Å². The molecule has 0 aliphatic heterocycles.